The third-order valence-electron chi connectivity index (χ3n) is 5.26. The van der Waals surface area contributed by atoms with Gasteiger partial charge in [-0.15, -0.1) is 0 Å². The number of carbonyl (C=O) groups is 2. The van der Waals surface area contributed by atoms with E-state index in [1.54, 1.807) is 48.5 Å². The Labute approximate surface area is 192 Å². The molecule has 8 heteroatoms. The number of halogens is 2. The second-order valence-corrected chi connectivity index (χ2v) is 8.61. The van der Waals surface area contributed by atoms with Gasteiger partial charge in [-0.1, -0.05) is 51.8 Å². The number of aliphatic hydroxyl groups excluding tert-OH is 1. The molecule has 0 bridgehead atoms. The molecule has 158 valence electrons. The molecule has 2 aromatic carbocycles. The van der Waals surface area contributed by atoms with Crippen LogP contribution in [0, 0.1) is 0 Å². The van der Waals surface area contributed by atoms with Gasteiger partial charge in [0.15, 0.2) is 0 Å². The van der Waals surface area contributed by atoms with E-state index in [0.717, 1.165) is 10.0 Å². The number of aryl methyl sites for hydroxylation is 1. The van der Waals surface area contributed by atoms with Gasteiger partial charge in [-0.05, 0) is 29.8 Å². The van der Waals surface area contributed by atoms with Crippen LogP contribution in [-0.4, -0.2) is 33.2 Å². The van der Waals surface area contributed by atoms with Crippen molar-refractivity contribution < 1.29 is 19.3 Å². The zero-order valence-corrected chi connectivity index (χ0v) is 18.8. The van der Waals surface area contributed by atoms with E-state index in [1.165, 1.54) is 4.90 Å². The van der Waals surface area contributed by atoms with Gasteiger partial charge in [-0.25, -0.2) is 4.57 Å². The van der Waals surface area contributed by atoms with Crippen molar-refractivity contribution in [1.29, 1.82) is 0 Å². The number of H-pyrrole nitrogens is 1. The number of nitrogens with zero attached hydrogens (tertiary/aromatic N) is 2. The van der Waals surface area contributed by atoms with Crippen LogP contribution in [0.5, 0.6) is 0 Å². The van der Waals surface area contributed by atoms with E-state index in [9.17, 15) is 14.7 Å². The largest absolute Gasteiger partial charge is 0.507 e. The van der Waals surface area contributed by atoms with Gasteiger partial charge in [0.2, 0.25) is 6.33 Å². The molecule has 4 rings (SSSR count). The molecular weight excluding hydrogens is 482 g/mol. The van der Waals surface area contributed by atoms with Crippen LogP contribution >= 0.6 is 27.5 Å². The van der Waals surface area contributed by atoms with E-state index in [-0.39, 0.29) is 11.3 Å². The average molecular weight is 502 g/mol. The van der Waals surface area contributed by atoms with Crippen molar-refractivity contribution in [2.45, 2.75) is 19.0 Å². The average Bonchev–Trinajstić information content (AvgIpc) is 3.37. The summed E-state index contributed by atoms with van der Waals surface area (Å²) in [6, 6.07) is 13.3. The second kappa shape index (κ2) is 9.08. The SMILES string of the molecule is O=C1C(=O)N(CCC[n+]2cc[nH]c2)C(c2ccc(Cl)cc2)C1=C(O)c1ccc(Br)cc1. The van der Waals surface area contributed by atoms with Crippen LogP contribution in [0.2, 0.25) is 5.02 Å². The monoisotopic (exact) mass is 500 g/mol. The number of Topliss-reactive ketones (excluding diaryl/α,β-unsaturated/α-hetero) is 1. The molecule has 2 N–H and O–H groups in total. The standard InChI is InChI=1S/C23H19BrClN3O3/c24-17-6-2-16(3-7-17)21(29)19-20(15-4-8-18(25)9-5-15)28(23(31)22(19)30)12-1-11-27-13-10-26-14-27/h2-10,13-14,20H,1,11-12H2,(H,29,30)/p+1. The molecule has 0 saturated carbocycles. The number of imidazole rings is 1. The molecule has 1 unspecified atom stereocenters. The highest BCUT2D eigenvalue weighted by atomic mass is 79.9. The lowest BCUT2D eigenvalue weighted by Crippen LogP contribution is -2.36. The predicted octanol–water partition coefficient (Wildman–Crippen LogP) is 4.23. The van der Waals surface area contributed by atoms with E-state index >= 15 is 0 Å². The Balaban J connectivity index is 1.72. The molecule has 0 aliphatic carbocycles. The van der Waals surface area contributed by atoms with Crippen molar-refractivity contribution in [3.8, 4) is 0 Å². The quantitative estimate of drug-likeness (QED) is 0.230. The minimum Gasteiger partial charge on any atom is -0.507 e. The van der Waals surface area contributed by atoms with Crippen LogP contribution in [0.1, 0.15) is 23.6 Å². The van der Waals surface area contributed by atoms with Gasteiger partial charge in [-0.2, -0.15) is 0 Å². The first kappa shape index (κ1) is 21.3. The van der Waals surface area contributed by atoms with Crippen molar-refractivity contribution in [2.24, 2.45) is 0 Å². The van der Waals surface area contributed by atoms with E-state index in [1.807, 2.05) is 23.3 Å². The molecular formula is C23H20BrClN3O3+. The maximum absolute atomic E-state index is 13.0. The maximum atomic E-state index is 13.0. The number of ketones is 1. The van der Waals surface area contributed by atoms with Crippen LogP contribution in [0.25, 0.3) is 5.76 Å². The van der Waals surface area contributed by atoms with Crippen LogP contribution in [-0.2, 0) is 16.1 Å². The summed E-state index contributed by atoms with van der Waals surface area (Å²) in [5, 5.41) is 11.6. The molecule has 3 aromatic rings. The van der Waals surface area contributed by atoms with Crippen molar-refractivity contribution >= 4 is 45.0 Å². The van der Waals surface area contributed by atoms with Crippen molar-refractivity contribution in [3.05, 3.63) is 93.4 Å². The number of aliphatic hydroxyl groups is 1. The molecule has 1 saturated heterocycles. The smallest absolute Gasteiger partial charge is 0.295 e. The third kappa shape index (κ3) is 4.43. The number of hydrogen-bond acceptors (Lipinski definition) is 3. The Morgan fingerprint density at radius 2 is 1.84 bits per heavy atom. The fourth-order valence-electron chi connectivity index (χ4n) is 3.75. The van der Waals surface area contributed by atoms with Crippen molar-refractivity contribution in [2.75, 3.05) is 6.54 Å². The summed E-state index contributed by atoms with van der Waals surface area (Å²) < 4.78 is 2.82. The fourth-order valence-corrected chi connectivity index (χ4v) is 4.14. The number of aromatic nitrogens is 2. The van der Waals surface area contributed by atoms with E-state index in [0.29, 0.717) is 30.1 Å². The minimum absolute atomic E-state index is 0.0870. The third-order valence-corrected chi connectivity index (χ3v) is 6.04. The molecule has 31 heavy (non-hydrogen) atoms. The molecule has 1 atom stereocenters. The van der Waals surface area contributed by atoms with E-state index in [4.69, 9.17) is 11.6 Å². The van der Waals surface area contributed by atoms with E-state index < -0.39 is 17.7 Å². The summed E-state index contributed by atoms with van der Waals surface area (Å²) in [6.07, 6.45) is 6.20. The Morgan fingerprint density at radius 1 is 1.13 bits per heavy atom. The second-order valence-electron chi connectivity index (χ2n) is 7.25. The topological polar surface area (TPSA) is 77.3 Å². The Hall–Kier alpha value is -2.90. The number of likely N-dealkylation sites (tertiary alicyclic amines) is 1. The normalized spacial score (nSPS) is 18.0. The molecule has 1 aliphatic rings. The van der Waals surface area contributed by atoms with Crippen LogP contribution in [0.3, 0.4) is 0 Å². The first-order valence-electron chi connectivity index (χ1n) is 9.77. The van der Waals surface area contributed by atoms with Gasteiger partial charge >= 0.3 is 0 Å². The van der Waals surface area contributed by atoms with Gasteiger partial charge < -0.3 is 10.0 Å². The summed E-state index contributed by atoms with van der Waals surface area (Å²) in [4.78, 5) is 30.4. The number of hydrogen-bond donors (Lipinski definition) is 2. The zero-order valence-electron chi connectivity index (χ0n) is 16.5. The first-order chi connectivity index (χ1) is 15.0. The summed E-state index contributed by atoms with van der Waals surface area (Å²) in [5.74, 6) is -1.49. The Morgan fingerprint density at radius 3 is 2.48 bits per heavy atom. The van der Waals surface area contributed by atoms with Gasteiger partial charge in [0.1, 0.15) is 18.2 Å². The van der Waals surface area contributed by atoms with Crippen LogP contribution in [0.4, 0.5) is 0 Å². The lowest BCUT2D eigenvalue weighted by Gasteiger charge is -2.25. The lowest BCUT2D eigenvalue weighted by molar-refractivity contribution is -0.695. The number of aromatic amines is 1. The highest BCUT2D eigenvalue weighted by Gasteiger charge is 2.45. The maximum Gasteiger partial charge on any atom is 0.295 e. The van der Waals surface area contributed by atoms with Crippen molar-refractivity contribution in [1.82, 2.24) is 9.88 Å². The molecule has 2 heterocycles. The van der Waals surface area contributed by atoms with Gasteiger partial charge in [-0.3, -0.25) is 14.6 Å². The number of rotatable bonds is 6. The number of nitrogens with one attached hydrogen (secondary N) is 1. The van der Waals surface area contributed by atoms with Crippen molar-refractivity contribution in [3.63, 3.8) is 0 Å². The number of carbonyl (C=O) groups excluding carboxylic acids is 2. The summed E-state index contributed by atoms with van der Waals surface area (Å²) in [5.41, 5.74) is 1.28. The molecule has 1 aromatic heterocycles. The molecule has 1 aliphatic heterocycles. The highest BCUT2D eigenvalue weighted by molar-refractivity contribution is 9.10. The predicted molar refractivity (Wildman–Crippen MR) is 120 cm³/mol. The minimum atomic E-state index is -0.685. The fraction of sp³-hybridized carbons (Fsp3) is 0.174. The summed E-state index contributed by atoms with van der Waals surface area (Å²) >= 11 is 9.41. The molecule has 0 radical (unpaired) electrons. The molecule has 6 nitrogen and oxygen atoms in total. The number of amides is 1. The number of benzene rings is 2. The lowest BCUT2D eigenvalue weighted by atomic mass is 9.95. The summed E-state index contributed by atoms with van der Waals surface area (Å²) in [6.45, 7) is 1.06. The zero-order chi connectivity index (χ0) is 22.0. The molecule has 1 fully saturated rings. The highest BCUT2D eigenvalue weighted by Crippen LogP contribution is 2.39. The van der Waals surface area contributed by atoms with Gasteiger partial charge in [0.25, 0.3) is 11.7 Å². The molecule has 1 amide bonds. The molecule has 0 spiro atoms. The first-order valence-corrected chi connectivity index (χ1v) is 10.9. The van der Waals surface area contributed by atoms with Crippen LogP contribution in [0.15, 0.2) is 77.3 Å². The van der Waals surface area contributed by atoms with Gasteiger partial charge in [0, 0.05) is 28.0 Å². The Bertz CT molecular complexity index is 1130. The Kier molecular flexibility index (Phi) is 6.25. The van der Waals surface area contributed by atoms with Gasteiger partial charge in [0.05, 0.1) is 18.2 Å². The summed E-state index contributed by atoms with van der Waals surface area (Å²) in [7, 11) is 0. The van der Waals surface area contributed by atoms with Crippen LogP contribution < -0.4 is 4.57 Å². The van der Waals surface area contributed by atoms with E-state index in [2.05, 4.69) is 20.9 Å².